The first-order valence-corrected chi connectivity index (χ1v) is 4.68. The molecule has 1 nitrogen and oxygen atoms in total. The Morgan fingerprint density at radius 3 is 2.09 bits per heavy atom. The highest BCUT2D eigenvalue weighted by Gasteiger charge is 2.16. The summed E-state index contributed by atoms with van der Waals surface area (Å²) in [6, 6.07) is 0. The molecule has 0 aliphatic carbocycles. The van der Waals surface area contributed by atoms with E-state index in [4.69, 9.17) is 5.73 Å². The van der Waals surface area contributed by atoms with Crippen molar-refractivity contribution in [2.45, 2.75) is 47.0 Å². The van der Waals surface area contributed by atoms with E-state index in [0.717, 1.165) is 18.9 Å². The number of rotatable bonds is 5. The minimum absolute atomic E-state index is 0.457. The molecule has 0 aromatic carbocycles. The highest BCUT2D eigenvalue weighted by molar-refractivity contribution is 4.69. The minimum Gasteiger partial charge on any atom is -0.330 e. The van der Waals surface area contributed by atoms with Crippen molar-refractivity contribution in [1.29, 1.82) is 0 Å². The SMILES string of the molecule is CC(C)CCC(C)(C)CCN. The summed E-state index contributed by atoms with van der Waals surface area (Å²) in [6.45, 7) is 9.99. The Morgan fingerprint density at radius 2 is 1.73 bits per heavy atom. The fourth-order valence-corrected chi connectivity index (χ4v) is 1.20. The average molecular weight is 157 g/mol. The Kier molecular flexibility index (Phi) is 4.74. The first-order valence-electron chi connectivity index (χ1n) is 4.68. The Bertz CT molecular complexity index is 95.0. The Balaban J connectivity index is 3.54. The van der Waals surface area contributed by atoms with Crippen LogP contribution in [0.15, 0.2) is 0 Å². The van der Waals surface area contributed by atoms with Gasteiger partial charge in [0.25, 0.3) is 0 Å². The van der Waals surface area contributed by atoms with Gasteiger partial charge in [0.15, 0.2) is 0 Å². The second-order valence-corrected chi connectivity index (χ2v) is 4.64. The monoisotopic (exact) mass is 157 g/mol. The maximum absolute atomic E-state index is 5.52. The normalized spacial score (nSPS) is 12.5. The second kappa shape index (κ2) is 4.76. The third kappa shape index (κ3) is 6.36. The van der Waals surface area contributed by atoms with Crippen molar-refractivity contribution in [3.8, 4) is 0 Å². The topological polar surface area (TPSA) is 26.0 Å². The fraction of sp³-hybridized carbons (Fsp3) is 1.00. The molecule has 68 valence electrons. The molecule has 0 aliphatic rings. The Hall–Kier alpha value is -0.0400. The summed E-state index contributed by atoms with van der Waals surface area (Å²) in [5.41, 5.74) is 5.98. The molecule has 0 rings (SSSR count). The van der Waals surface area contributed by atoms with Crippen LogP contribution in [-0.2, 0) is 0 Å². The maximum Gasteiger partial charge on any atom is -0.00722 e. The van der Waals surface area contributed by atoms with Crippen molar-refractivity contribution >= 4 is 0 Å². The van der Waals surface area contributed by atoms with E-state index in [0.29, 0.717) is 5.41 Å². The van der Waals surface area contributed by atoms with Crippen LogP contribution in [-0.4, -0.2) is 6.54 Å². The molecule has 0 spiro atoms. The van der Waals surface area contributed by atoms with Gasteiger partial charge in [-0.3, -0.25) is 0 Å². The summed E-state index contributed by atoms with van der Waals surface area (Å²) in [7, 11) is 0. The van der Waals surface area contributed by atoms with E-state index in [-0.39, 0.29) is 0 Å². The predicted octanol–water partition coefficient (Wildman–Crippen LogP) is 2.80. The molecule has 11 heavy (non-hydrogen) atoms. The molecule has 0 radical (unpaired) electrons. The molecule has 0 heterocycles. The van der Waals surface area contributed by atoms with Crippen LogP contribution in [0.25, 0.3) is 0 Å². The predicted molar refractivity (Wildman–Crippen MR) is 51.5 cm³/mol. The van der Waals surface area contributed by atoms with E-state index < -0.39 is 0 Å². The van der Waals surface area contributed by atoms with Crippen LogP contribution in [0.1, 0.15) is 47.0 Å². The number of hydrogen-bond acceptors (Lipinski definition) is 1. The molecule has 0 fully saturated rings. The van der Waals surface area contributed by atoms with Gasteiger partial charge in [-0.25, -0.2) is 0 Å². The van der Waals surface area contributed by atoms with Crippen LogP contribution in [0, 0.1) is 11.3 Å². The van der Waals surface area contributed by atoms with Crippen LogP contribution >= 0.6 is 0 Å². The molecule has 1 heteroatoms. The lowest BCUT2D eigenvalue weighted by Gasteiger charge is -2.24. The molecule has 0 atom stereocenters. The summed E-state index contributed by atoms with van der Waals surface area (Å²) in [5.74, 6) is 0.826. The standard InChI is InChI=1S/C10H23N/c1-9(2)5-6-10(3,4)7-8-11/h9H,5-8,11H2,1-4H3. The first-order chi connectivity index (χ1) is 4.98. The van der Waals surface area contributed by atoms with Crippen molar-refractivity contribution in [1.82, 2.24) is 0 Å². The second-order valence-electron chi connectivity index (χ2n) is 4.64. The van der Waals surface area contributed by atoms with Crippen molar-refractivity contribution in [2.24, 2.45) is 17.1 Å². The van der Waals surface area contributed by atoms with Gasteiger partial charge in [-0.15, -0.1) is 0 Å². The molecule has 0 aliphatic heterocycles. The van der Waals surface area contributed by atoms with Crippen molar-refractivity contribution in [3.63, 3.8) is 0 Å². The summed E-state index contributed by atoms with van der Waals surface area (Å²) < 4.78 is 0. The zero-order chi connectivity index (χ0) is 8.91. The Labute approximate surface area is 71.4 Å². The number of nitrogens with two attached hydrogens (primary N) is 1. The summed E-state index contributed by atoms with van der Waals surface area (Å²) in [6.07, 6.45) is 3.79. The molecular weight excluding hydrogens is 134 g/mol. The van der Waals surface area contributed by atoms with Gasteiger partial charge in [0.2, 0.25) is 0 Å². The lowest BCUT2D eigenvalue weighted by molar-refractivity contribution is 0.286. The van der Waals surface area contributed by atoms with Crippen molar-refractivity contribution in [3.05, 3.63) is 0 Å². The molecular formula is C10H23N. The third-order valence-electron chi connectivity index (χ3n) is 2.22. The van der Waals surface area contributed by atoms with Gasteiger partial charge < -0.3 is 5.73 Å². The quantitative estimate of drug-likeness (QED) is 0.652. The third-order valence-corrected chi connectivity index (χ3v) is 2.22. The summed E-state index contributed by atoms with van der Waals surface area (Å²) >= 11 is 0. The molecule has 0 amide bonds. The zero-order valence-electron chi connectivity index (χ0n) is 8.48. The van der Waals surface area contributed by atoms with Crippen LogP contribution in [0.4, 0.5) is 0 Å². The zero-order valence-corrected chi connectivity index (χ0v) is 8.48. The van der Waals surface area contributed by atoms with Gasteiger partial charge in [-0.2, -0.15) is 0 Å². The number of hydrogen-bond donors (Lipinski definition) is 1. The van der Waals surface area contributed by atoms with E-state index in [9.17, 15) is 0 Å². The molecule has 0 aromatic rings. The van der Waals surface area contributed by atoms with E-state index >= 15 is 0 Å². The van der Waals surface area contributed by atoms with Gasteiger partial charge >= 0.3 is 0 Å². The lowest BCUT2D eigenvalue weighted by Crippen LogP contribution is -2.17. The van der Waals surface area contributed by atoms with Gasteiger partial charge in [0, 0.05) is 0 Å². The molecule has 0 saturated heterocycles. The average Bonchev–Trinajstić information content (AvgIpc) is 1.84. The first kappa shape index (κ1) is 11.0. The molecule has 0 unspecified atom stereocenters. The van der Waals surface area contributed by atoms with Gasteiger partial charge in [0.1, 0.15) is 0 Å². The lowest BCUT2D eigenvalue weighted by atomic mass is 9.82. The van der Waals surface area contributed by atoms with Crippen LogP contribution in [0.5, 0.6) is 0 Å². The van der Waals surface area contributed by atoms with Crippen molar-refractivity contribution in [2.75, 3.05) is 6.54 Å². The molecule has 0 bridgehead atoms. The van der Waals surface area contributed by atoms with Gasteiger partial charge in [0.05, 0.1) is 0 Å². The smallest absolute Gasteiger partial charge is 0.00722 e. The fourth-order valence-electron chi connectivity index (χ4n) is 1.20. The van der Waals surface area contributed by atoms with E-state index in [1.165, 1.54) is 12.8 Å². The summed E-state index contributed by atoms with van der Waals surface area (Å²) in [5, 5.41) is 0. The minimum atomic E-state index is 0.457. The van der Waals surface area contributed by atoms with E-state index in [1.54, 1.807) is 0 Å². The molecule has 2 N–H and O–H groups in total. The Morgan fingerprint density at radius 1 is 1.18 bits per heavy atom. The van der Waals surface area contributed by atoms with E-state index in [1.807, 2.05) is 0 Å². The highest BCUT2D eigenvalue weighted by Crippen LogP contribution is 2.27. The molecule has 0 saturated carbocycles. The highest BCUT2D eigenvalue weighted by atomic mass is 14.5. The van der Waals surface area contributed by atoms with Crippen LogP contribution in [0.2, 0.25) is 0 Å². The van der Waals surface area contributed by atoms with Crippen molar-refractivity contribution < 1.29 is 0 Å². The van der Waals surface area contributed by atoms with Crippen LogP contribution < -0.4 is 5.73 Å². The van der Waals surface area contributed by atoms with E-state index in [2.05, 4.69) is 27.7 Å². The van der Waals surface area contributed by atoms with Crippen LogP contribution in [0.3, 0.4) is 0 Å². The largest absolute Gasteiger partial charge is 0.330 e. The maximum atomic E-state index is 5.52. The van der Waals surface area contributed by atoms with Gasteiger partial charge in [-0.1, -0.05) is 34.1 Å². The summed E-state index contributed by atoms with van der Waals surface area (Å²) in [4.78, 5) is 0. The molecule has 0 aromatic heterocycles. The van der Waals surface area contributed by atoms with Gasteiger partial charge in [-0.05, 0) is 30.7 Å².